The molecular formula is C15H23LiO3S. The average Bonchev–Trinajstić information content (AvgIpc) is 2.25. The quantitative estimate of drug-likeness (QED) is 0.613. The summed E-state index contributed by atoms with van der Waals surface area (Å²) in [6.45, 7) is 11.8. The van der Waals surface area contributed by atoms with Crippen LogP contribution in [0.3, 0.4) is 0 Å². The molecule has 0 spiro atoms. The molecule has 0 saturated heterocycles. The molecule has 0 radical (unpaired) electrons. The van der Waals surface area contributed by atoms with E-state index in [9.17, 15) is 13.0 Å². The van der Waals surface area contributed by atoms with Crippen molar-refractivity contribution in [1.29, 1.82) is 0 Å². The summed E-state index contributed by atoms with van der Waals surface area (Å²) in [5, 5.41) is 0. The van der Waals surface area contributed by atoms with Crippen LogP contribution in [0.15, 0.2) is 17.0 Å². The van der Waals surface area contributed by atoms with Crippen LogP contribution in [-0.2, 0) is 10.1 Å². The number of hydrogen-bond donors (Lipinski definition) is 0. The summed E-state index contributed by atoms with van der Waals surface area (Å²) in [5.74, 6) is 0.322. The second-order valence-corrected chi connectivity index (χ2v) is 7.26. The molecule has 20 heavy (non-hydrogen) atoms. The van der Waals surface area contributed by atoms with Gasteiger partial charge in [-0.15, -0.1) is 0 Å². The van der Waals surface area contributed by atoms with E-state index in [1.165, 1.54) is 0 Å². The molecule has 0 heterocycles. The second-order valence-electron chi connectivity index (χ2n) is 5.95. The van der Waals surface area contributed by atoms with Crippen LogP contribution in [0.5, 0.6) is 0 Å². The van der Waals surface area contributed by atoms with Crippen molar-refractivity contribution in [3.8, 4) is 0 Å². The molecule has 1 aromatic carbocycles. The van der Waals surface area contributed by atoms with Crippen LogP contribution in [0.2, 0.25) is 0 Å². The fourth-order valence-corrected chi connectivity index (χ4v) is 3.34. The average molecular weight is 290 g/mol. The third-order valence-corrected chi connectivity index (χ3v) is 4.30. The van der Waals surface area contributed by atoms with Gasteiger partial charge in [-0.2, -0.15) is 0 Å². The summed E-state index contributed by atoms with van der Waals surface area (Å²) in [5.41, 5.74) is 2.37. The Balaban J connectivity index is 0.00000361. The van der Waals surface area contributed by atoms with E-state index in [4.69, 9.17) is 0 Å². The van der Waals surface area contributed by atoms with Crippen molar-refractivity contribution in [2.45, 2.75) is 64.2 Å². The minimum absolute atomic E-state index is 0. The first-order valence-electron chi connectivity index (χ1n) is 6.69. The van der Waals surface area contributed by atoms with E-state index in [-0.39, 0.29) is 35.6 Å². The van der Waals surface area contributed by atoms with Gasteiger partial charge in [-0.1, -0.05) is 53.7 Å². The van der Waals surface area contributed by atoms with Gasteiger partial charge in [0.15, 0.2) is 0 Å². The van der Waals surface area contributed by atoms with Crippen molar-refractivity contribution in [2.75, 3.05) is 0 Å². The third-order valence-electron chi connectivity index (χ3n) is 3.33. The molecule has 1 aromatic rings. The van der Waals surface area contributed by atoms with Crippen LogP contribution < -0.4 is 18.9 Å². The van der Waals surface area contributed by atoms with Crippen molar-refractivity contribution in [3.05, 3.63) is 28.8 Å². The maximum atomic E-state index is 11.6. The van der Waals surface area contributed by atoms with Gasteiger partial charge in [0.2, 0.25) is 0 Å². The summed E-state index contributed by atoms with van der Waals surface area (Å²) >= 11 is 0. The molecule has 0 aromatic heterocycles. The molecule has 0 amide bonds. The van der Waals surface area contributed by atoms with Gasteiger partial charge in [0.25, 0.3) is 0 Å². The Hall–Kier alpha value is -0.273. The van der Waals surface area contributed by atoms with E-state index in [2.05, 4.69) is 13.8 Å². The molecule has 3 nitrogen and oxygen atoms in total. The van der Waals surface area contributed by atoms with E-state index in [0.717, 1.165) is 5.56 Å². The van der Waals surface area contributed by atoms with Gasteiger partial charge < -0.3 is 4.55 Å². The first kappa shape index (κ1) is 19.7. The smallest absolute Gasteiger partial charge is 0.744 e. The van der Waals surface area contributed by atoms with E-state index in [0.29, 0.717) is 17.0 Å². The minimum Gasteiger partial charge on any atom is -0.744 e. The molecule has 108 valence electrons. The van der Waals surface area contributed by atoms with E-state index in [1.54, 1.807) is 0 Å². The molecule has 0 unspecified atom stereocenters. The van der Waals surface area contributed by atoms with Crippen LogP contribution >= 0.6 is 0 Å². The fraction of sp³-hybridized carbons (Fsp3) is 0.600. The van der Waals surface area contributed by atoms with E-state index in [1.807, 2.05) is 39.8 Å². The van der Waals surface area contributed by atoms with Crippen LogP contribution in [0, 0.1) is 0 Å². The van der Waals surface area contributed by atoms with Crippen molar-refractivity contribution < 1.29 is 31.8 Å². The van der Waals surface area contributed by atoms with Gasteiger partial charge in [-0.05, 0) is 34.4 Å². The Bertz CT molecular complexity index is 531. The van der Waals surface area contributed by atoms with Crippen LogP contribution in [0.1, 0.15) is 76.0 Å². The number of rotatable bonds is 4. The zero-order valence-electron chi connectivity index (χ0n) is 13.5. The first-order chi connectivity index (χ1) is 8.55. The predicted molar refractivity (Wildman–Crippen MR) is 76.7 cm³/mol. The molecule has 0 atom stereocenters. The molecular weight excluding hydrogens is 267 g/mol. The van der Waals surface area contributed by atoms with Crippen molar-refractivity contribution >= 4 is 10.1 Å². The van der Waals surface area contributed by atoms with Gasteiger partial charge >= 0.3 is 18.9 Å². The monoisotopic (exact) mass is 290 g/mol. The summed E-state index contributed by atoms with van der Waals surface area (Å²) in [6, 6.07) is 3.73. The first-order valence-corrected chi connectivity index (χ1v) is 8.10. The molecule has 0 saturated carbocycles. The van der Waals surface area contributed by atoms with Crippen molar-refractivity contribution in [2.24, 2.45) is 0 Å². The maximum absolute atomic E-state index is 11.6. The molecule has 0 aliphatic rings. The topological polar surface area (TPSA) is 57.2 Å². The van der Waals surface area contributed by atoms with Crippen LogP contribution in [0.25, 0.3) is 0 Å². The molecule has 0 bridgehead atoms. The summed E-state index contributed by atoms with van der Waals surface area (Å²) in [4.78, 5) is -0.0121. The SMILES string of the molecule is CC(C)c1cc(C(C)C)c(S(=O)(=O)[O-])c(C(C)C)c1.[Li+]. The zero-order chi connectivity index (χ0) is 15.0. The predicted octanol–water partition coefficient (Wildman–Crippen LogP) is 0.965. The van der Waals surface area contributed by atoms with Gasteiger partial charge in [-0.25, -0.2) is 8.42 Å². The van der Waals surface area contributed by atoms with Crippen molar-refractivity contribution in [3.63, 3.8) is 0 Å². The Morgan fingerprint density at radius 2 is 1.20 bits per heavy atom. The Labute approximate surface area is 135 Å². The summed E-state index contributed by atoms with van der Waals surface area (Å²) < 4.78 is 34.8. The Morgan fingerprint density at radius 1 is 0.850 bits per heavy atom. The molecule has 0 N–H and O–H groups in total. The molecule has 0 aliphatic carbocycles. The largest absolute Gasteiger partial charge is 1.00 e. The van der Waals surface area contributed by atoms with Gasteiger partial charge in [0.05, 0.1) is 4.90 Å². The molecule has 0 aliphatic heterocycles. The summed E-state index contributed by atoms with van der Waals surface area (Å²) in [7, 11) is -4.45. The minimum atomic E-state index is -4.45. The van der Waals surface area contributed by atoms with Crippen molar-refractivity contribution in [1.82, 2.24) is 0 Å². The number of benzene rings is 1. The third kappa shape index (κ3) is 4.36. The van der Waals surface area contributed by atoms with Gasteiger partial charge in [0.1, 0.15) is 10.1 Å². The van der Waals surface area contributed by atoms with E-state index >= 15 is 0 Å². The Morgan fingerprint density at radius 3 is 1.40 bits per heavy atom. The Kier molecular flexibility index (Phi) is 7.03. The second kappa shape index (κ2) is 7.13. The molecule has 5 heteroatoms. The van der Waals surface area contributed by atoms with Crippen LogP contribution in [-0.4, -0.2) is 13.0 Å². The number of hydrogen-bond acceptors (Lipinski definition) is 3. The standard InChI is InChI=1S/C15H24O3S.Li/c1-9(2)12-7-13(10(3)4)15(19(16,17)18)14(8-12)11(5)6;/h7-11H,1-6H3,(H,16,17,18);/q;+1/p-1. The van der Waals surface area contributed by atoms with Gasteiger partial charge in [-0.3, -0.25) is 0 Å². The van der Waals surface area contributed by atoms with Gasteiger partial charge in [0, 0.05) is 0 Å². The fourth-order valence-electron chi connectivity index (χ4n) is 2.18. The molecule has 0 fully saturated rings. The van der Waals surface area contributed by atoms with E-state index < -0.39 is 10.1 Å². The molecule has 1 rings (SSSR count). The zero-order valence-corrected chi connectivity index (χ0v) is 14.3. The maximum Gasteiger partial charge on any atom is 1.00 e. The normalized spacial score (nSPS) is 12.1. The van der Waals surface area contributed by atoms with Crippen LogP contribution in [0.4, 0.5) is 0 Å². The summed E-state index contributed by atoms with van der Waals surface area (Å²) in [6.07, 6.45) is 0.